The van der Waals surface area contributed by atoms with E-state index in [1.165, 1.54) is 5.56 Å². The molecule has 0 saturated carbocycles. The number of carbonyl (C=O) groups is 2. The van der Waals surface area contributed by atoms with Crippen LogP contribution in [-0.2, 0) is 16.0 Å². The van der Waals surface area contributed by atoms with Gasteiger partial charge in [-0.1, -0.05) is 19.9 Å². The van der Waals surface area contributed by atoms with Gasteiger partial charge in [0.25, 0.3) is 5.91 Å². The molecule has 0 aliphatic heterocycles. The first-order chi connectivity index (χ1) is 10.5. The molecule has 1 aromatic carbocycles. The van der Waals surface area contributed by atoms with Crippen LogP contribution in [0.1, 0.15) is 25.8 Å². The molecule has 0 aliphatic carbocycles. The summed E-state index contributed by atoms with van der Waals surface area (Å²) in [6.07, 6.45) is 1.23. The van der Waals surface area contributed by atoms with Crippen LogP contribution in [-0.4, -0.2) is 23.5 Å². The Bertz CT molecular complexity index is 566. The zero-order valence-corrected chi connectivity index (χ0v) is 14.8. The molecular formula is C14H18BrN3O3S. The molecule has 0 atom stereocenters. The molecule has 6 nitrogen and oxygen atoms in total. The van der Waals surface area contributed by atoms with E-state index in [9.17, 15) is 9.59 Å². The first-order valence-electron chi connectivity index (χ1n) is 6.76. The normalized spacial score (nSPS) is 9.77. The van der Waals surface area contributed by atoms with Gasteiger partial charge >= 0.3 is 0 Å². The first kappa shape index (κ1) is 18.4. The molecule has 0 fully saturated rings. The van der Waals surface area contributed by atoms with Gasteiger partial charge in [-0.25, -0.2) is 0 Å². The van der Waals surface area contributed by atoms with E-state index < -0.39 is 5.91 Å². The highest BCUT2D eigenvalue weighted by Gasteiger charge is 2.07. The molecular weight excluding hydrogens is 370 g/mol. The summed E-state index contributed by atoms with van der Waals surface area (Å²) < 4.78 is 6.19. The molecule has 0 heterocycles. The fraction of sp³-hybridized carbons (Fsp3) is 0.357. The van der Waals surface area contributed by atoms with Crippen molar-refractivity contribution in [1.29, 1.82) is 0 Å². The van der Waals surface area contributed by atoms with Crippen molar-refractivity contribution in [2.24, 2.45) is 0 Å². The Hall–Kier alpha value is -1.67. The standard InChI is InChI=1S/C14H18BrN3O3S/c1-3-9-5-6-11(10(15)7-9)21-8-13(20)17-18-14(22)16-12(19)4-2/h5-7H,3-4,8H2,1-2H3,(H,17,20)(H2,16,18,19,22). The lowest BCUT2D eigenvalue weighted by atomic mass is 10.2. The number of amides is 2. The van der Waals surface area contributed by atoms with Crippen LogP contribution >= 0.6 is 28.1 Å². The highest BCUT2D eigenvalue weighted by molar-refractivity contribution is 9.10. The summed E-state index contributed by atoms with van der Waals surface area (Å²) in [4.78, 5) is 22.7. The molecule has 2 amide bonds. The van der Waals surface area contributed by atoms with E-state index in [0.29, 0.717) is 12.2 Å². The summed E-state index contributed by atoms with van der Waals surface area (Å²) in [6.45, 7) is 3.58. The highest BCUT2D eigenvalue weighted by atomic mass is 79.9. The Labute approximate surface area is 143 Å². The minimum atomic E-state index is -0.417. The van der Waals surface area contributed by atoms with Crippen molar-refractivity contribution in [2.45, 2.75) is 26.7 Å². The zero-order valence-electron chi connectivity index (χ0n) is 12.4. The van der Waals surface area contributed by atoms with Crippen molar-refractivity contribution >= 4 is 45.1 Å². The van der Waals surface area contributed by atoms with E-state index in [1.807, 2.05) is 12.1 Å². The molecule has 0 saturated heterocycles. The van der Waals surface area contributed by atoms with Crippen molar-refractivity contribution in [2.75, 3.05) is 6.61 Å². The summed E-state index contributed by atoms with van der Waals surface area (Å²) in [7, 11) is 0. The predicted octanol–water partition coefficient (Wildman–Crippen LogP) is 1.82. The molecule has 0 aliphatic rings. The van der Waals surface area contributed by atoms with Gasteiger partial charge < -0.3 is 10.1 Å². The number of rotatable bonds is 5. The third-order valence-corrected chi connectivity index (χ3v) is 3.48. The Morgan fingerprint density at radius 1 is 1.23 bits per heavy atom. The third-order valence-electron chi connectivity index (χ3n) is 2.65. The largest absolute Gasteiger partial charge is 0.483 e. The van der Waals surface area contributed by atoms with Gasteiger partial charge in [0.05, 0.1) is 4.47 Å². The molecule has 0 aromatic heterocycles. The van der Waals surface area contributed by atoms with E-state index in [4.69, 9.17) is 17.0 Å². The van der Waals surface area contributed by atoms with Crippen LogP contribution in [0, 0.1) is 0 Å². The van der Waals surface area contributed by atoms with Crippen LogP contribution in [0.15, 0.2) is 22.7 Å². The summed E-state index contributed by atoms with van der Waals surface area (Å²) >= 11 is 8.23. The SMILES string of the molecule is CCC(=O)NC(=S)NNC(=O)COc1ccc(CC)cc1Br. The summed E-state index contributed by atoms with van der Waals surface area (Å²) in [5, 5.41) is 2.43. The molecule has 0 spiro atoms. The average Bonchev–Trinajstić information content (AvgIpc) is 2.51. The van der Waals surface area contributed by atoms with Gasteiger partial charge in [-0.2, -0.15) is 0 Å². The number of thiocarbonyl (C=S) groups is 1. The number of halogens is 1. The topological polar surface area (TPSA) is 79.5 Å². The number of hydrogen-bond acceptors (Lipinski definition) is 4. The van der Waals surface area contributed by atoms with Crippen molar-refractivity contribution in [1.82, 2.24) is 16.2 Å². The maximum atomic E-state index is 11.6. The third kappa shape index (κ3) is 6.40. The van der Waals surface area contributed by atoms with Crippen LogP contribution in [0.2, 0.25) is 0 Å². The summed E-state index contributed by atoms with van der Waals surface area (Å²) in [6, 6.07) is 5.68. The molecule has 3 N–H and O–H groups in total. The molecule has 0 unspecified atom stereocenters. The Kier molecular flexibility index (Phi) is 7.83. The Morgan fingerprint density at radius 3 is 2.55 bits per heavy atom. The number of benzene rings is 1. The van der Waals surface area contributed by atoms with Crippen molar-refractivity contribution in [3.8, 4) is 5.75 Å². The molecule has 0 radical (unpaired) electrons. The van der Waals surface area contributed by atoms with Crippen molar-refractivity contribution in [3.05, 3.63) is 28.2 Å². The predicted molar refractivity (Wildman–Crippen MR) is 91.3 cm³/mol. The van der Waals surface area contributed by atoms with Gasteiger partial charge in [0, 0.05) is 6.42 Å². The smallest absolute Gasteiger partial charge is 0.276 e. The van der Waals surface area contributed by atoms with Crippen LogP contribution in [0.3, 0.4) is 0 Å². The lowest BCUT2D eigenvalue weighted by molar-refractivity contribution is -0.124. The Balaban J connectivity index is 2.37. The Morgan fingerprint density at radius 2 is 1.95 bits per heavy atom. The minimum absolute atomic E-state index is 0.0358. The minimum Gasteiger partial charge on any atom is -0.483 e. The fourth-order valence-corrected chi connectivity index (χ4v) is 2.14. The first-order valence-corrected chi connectivity index (χ1v) is 7.96. The molecule has 22 heavy (non-hydrogen) atoms. The number of hydrogen-bond donors (Lipinski definition) is 3. The molecule has 1 rings (SSSR count). The van der Waals surface area contributed by atoms with Gasteiger partial charge in [0.15, 0.2) is 11.7 Å². The maximum Gasteiger partial charge on any atom is 0.276 e. The number of carbonyl (C=O) groups excluding carboxylic acids is 2. The maximum absolute atomic E-state index is 11.6. The molecule has 8 heteroatoms. The van der Waals surface area contributed by atoms with Gasteiger partial charge in [0.1, 0.15) is 5.75 Å². The van der Waals surface area contributed by atoms with E-state index >= 15 is 0 Å². The molecule has 0 bridgehead atoms. The lowest BCUT2D eigenvalue weighted by Crippen LogP contribution is -2.49. The van der Waals surface area contributed by atoms with Gasteiger partial charge in [-0.15, -0.1) is 0 Å². The second-order valence-corrected chi connectivity index (χ2v) is 5.57. The number of ether oxygens (including phenoxy) is 1. The van der Waals surface area contributed by atoms with Crippen LogP contribution in [0.25, 0.3) is 0 Å². The number of aryl methyl sites for hydroxylation is 1. The number of nitrogens with one attached hydrogen (secondary N) is 3. The van der Waals surface area contributed by atoms with E-state index in [1.54, 1.807) is 13.0 Å². The quantitative estimate of drug-likeness (QED) is 0.530. The van der Waals surface area contributed by atoms with Crippen LogP contribution in [0.5, 0.6) is 5.75 Å². The molecule has 120 valence electrons. The van der Waals surface area contributed by atoms with Crippen molar-refractivity contribution < 1.29 is 14.3 Å². The second-order valence-electron chi connectivity index (χ2n) is 4.31. The molecule has 1 aromatic rings. The van der Waals surface area contributed by atoms with E-state index in [0.717, 1.165) is 10.9 Å². The summed E-state index contributed by atoms with van der Waals surface area (Å²) in [5.74, 6) is -0.0725. The van der Waals surface area contributed by atoms with Crippen molar-refractivity contribution in [3.63, 3.8) is 0 Å². The van der Waals surface area contributed by atoms with E-state index in [2.05, 4.69) is 39.0 Å². The van der Waals surface area contributed by atoms with E-state index in [-0.39, 0.29) is 17.6 Å². The van der Waals surface area contributed by atoms with Crippen LogP contribution in [0.4, 0.5) is 0 Å². The van der Waals surface area contributed by atoms with Gasteiger partial charge in [0.2, 0.25) is 5.91 Å². The van der Waals surface area contributed by atoms with Gasteiger partial charge in [-0.3, -0.25) is 20.4 Å². The average molecular weight is 388 g/mol. The van der Waals surface area contributed by atoms with Crippen LogP contribution < -0.4 is 20.9 Å². The fourth-order valence-electron chi connectivity index (χ4n) is 1.43. The lowest BCUT2D eigenvalue weighted by Gasteiger charge is -2.12. The zero-order chi connectivity index (χ0) is 16.5. The monoisotopic (exact) mass is 387 g/mol. The second kappa shape index (κ2) is 9.37. The number of hydrazine groups is 1. The summed E-state index contributed by atoms with van der Waals surface area (Å²) in [5.41, 5.74) is 5.93. The van der Waals surface area contributed by atoms with Gasteiger partial charge in [-0.05, 0) is 52.3 Å². The highest BCUT2D eigenvalue weighted by Crippen LogP contribution is 2.26.